The van der Waals surface area contributed by atoms with E-state index in [9.17, 15) is 8.42 Å². The van der Waals surface area contributed by atoms with E-state index in [2.05, 4.69) is 23.7 Å². The molecule has 1 aromatic heterocycles. The number of aromatic nitrogens is 2. The highest BCUT2D eigenvalue weighted by atomic mass is 32.2. The lowest BCUT2D eigenvalue weighted by atomic mass is 10.1. The molecular weight excluding hydrogens is 282 g/mol. The van der Waals surface area contributed by atoms with E-state index in [1.807, 2.05) is 0 Å². The van der Waals surface area contributed by atoms with E-state index in [1.165, 1.54) is 17.1 Å². The van der Waals surface area contributed by atoms with Gasteiger partial charge in [0.25, 0.3) is 0 Å². The Bertz CT molecular complexity index is 485. The lowest BCUT2D eigenvalue weighted by Crippen LogP contribution is -2.27. The molecule has 8 heteroatoms. The Labute approximate surface area is 120 Å². The summed E-state index contributed by atoms with van der Waals surface area (Å²) in [6.07, 6.45) is 3.61. The number of aliphatic hydroxyl groups is 1. The Morgan fingerprint density at radius 1 is 1.45 bits per heavy atom. The second-order valence-electron chi connectivity index (χ2n) is 4.86. The molecule has 0 fully saturated rings. The Morgan fingerprint density at radius 2 is 2.20 bits per heavy atom. The van der Waals surface area contributed by atoms with Gasteiger partial charge >= 0.3 is 0 Å². The first-order valence-electron chi connectivity index (χ1n) is 6.66. The third-order valence-electron chi connectivity index (χ3n) is 2.63. The Balaban J connectivity index is 2.33. The second kappa shape index (κ2) is 8.35. The molecule has 0 aliphatic heterocycles. The first-order chi connectivity index (χ1) is 9.45. The lowest BCUT2D eigenvalue weighted by molar-refractivity contribution is 0.128. The van der Waals surface area contributed by atoms with E-state index in [-0.39, 0.29) is 24.6 Å². The number of nitrogens with zero attached hydrogens (tertiary/aromatic N) is 2. The summed E-state index contributed by atoms with van der Waals surface area (Å²) in [5.41, 5.74) is 0. The van der Waals surface area contributed by atoms with Crippen molar-refractivity contribution in [1.82, 2.24) is 14.5 Å². The Morgan fingerprint density at radius 3 is 2.85 bits per heavy atom. The summed E-state index contributed by atoms with van der Waals surface area (Å²) in [6.45, 7) is 5.61. The summed E-state index contributed by atoms with van der Waals surface area (Å²) >= 11 is 0. The number of hydrogen-bond donors (Lipinski definition) is 2. The van der Waals surface area contributed by atoms with Gasteiger partial charge in [-0.2, -0.15) is 5.10 Å². The molecule has 1 rings (SSSR count). The van der Waals surface area contributed by atoms with Crippen LogP contribution in [0.5, 0.6) is 0 Å². The molecule has 0 bridgehead atoms. The smallest absolute Gasteiger partial charge is 0.243 e. The molecule has 0 unspecified atom stereocenters. The predicted molar refractivity (Wildman–Crippen MR) is 74.8 cm³/mol. The van der Waals surface area contributed by atoms with E-state index in [4.69, 9.17) is 9.84 Å². The molecule has 0 spiro atoms. The molecule has 0 radical (unpaired) electrons. The fourth-order valence-corrected chi connectivity index (χ4v) is 2.43. The van der Waals surface area contributed by atoms with E-state index in [0.29, 0.717) is 19.1 Å². The fraction of sp³-hybridized carbons (Fsp3) is 0.750. The summed E-state index contributed by atoms with van der Waals surface area (Å²) in [5, 5.41) is 12.6. The zero-order valence-corrected chi connectivity index (χ0v) is 12.8. The van der Waals surface area contributed by atoms with Gasteiger partial charge in [0.2, 0.25) is 10.0 Å². The van der Waals surface area contributed by atoms with Gasteiger partial charge < -0.3 is 9.84 Å². The van der Waals surface area contributed by atoms with Gasteiger partial charge in [-0.15, -0.1) is 0 Å². The largest absolute Gasteiger partial charge is 0.394 e. The van der Waals surface area contributed by atoms with Gasteiger partial charge in [0.05, 0.1) is 26.0 Å². The second-order valence-corrected chi connectivity index (χ2v) is 6.62. The van der Waals surface area contributed by atoms with E-state index in [0.717, 1.165) is 6.42 Å². The maximum Gasteiger partial charge on any atom is 0.243 e. The van der Waals surface area contributed by atoms with Crippen molar-refractivity contribution in [1.29, 1.82) is 0 Å². The minimum Gasteiger partial charge on any atom is -0.394 e. The van der Waals surface area contributed by atoms with Crippen molar-refractivity contribution in [2.75, 3.05) is 26.4 Å². The fourth-order valence-electron chi connectivity index (χ4n) is 1.46. The minimum absolute atomic E-state index is 0.0850. The van der Waals surface area contributed by atoms with E-state index >= 15 is 0 Å². The minimum atomic E-state index is -3.56. The number of rotatable bonds is 10. The Kier molecular flexibility index (Phi) is 7.14. The molecule has 2 N–H and O–H groups in total. The normalized spacial score (nSPS) is 12.2. The zero-order chi connectivity index (χ0) is 15.0. The van der Waals surface area contributed by atoms with Crippen LogP contribution in [0.1, 0.15) is 20.3 Å². The van der Waals surface area contributed by atoms with Crippen LogP contribution in [0.2, 0.25) is 0 Å². The first kappa shape index (κ1) is 17.1. The summed E-state index contributed by atoms with van der Waals surface area (Å²) in [4.78, 5) is 0.0909. The predicted octanol–water partition coefficient (Wildman–Crippen LogP) is 0.216. The van der Waals surface area contributed by atoms with Crippen LogP contribution in [0, 0.1) is 5.92 Å². The van der Waals surface area contributed by atoms with Crippen LogP contribution in [-0.2, 0) is 21.3 Å². The van der Waals surface area contributed by atoms with Crippen molar-refractivity contribution in [3.05, 3.63) is 12.4 Å². The van der Waals surface area contributed by atoms with E-state index in [1.54, 1.807) is 0 Å². The zero-order valence-electron chi connectivity index (χ0n) is 11.9. The molecular formula is C12H23N3O4S. The van der Waals surface area contributed by atoms with Crippen LogP contribution in [0.25, 0.3) is 0 Å². The third kappa shape index (κ3) is 6.00. The van der Waals surface area contributed by atoms with Crippen molar-refractivity contribution in [3.63, 3.8) is 0 Å². The highest BCUT2D eigenvalue weighted by Gasteiger charge is 2.15. The molecule has 1 aromatic rings. The molecule has 116 valence electrons. The quantitative estimate of drug-likeness (QED) is 0.603. The SMILES string of the molecule is CC(C)CCOCCNS(=O)(=O)c1cnn(CCO)c1. The van der Waals surface area contributed by atoms with Gasteiger partial charge in [-0.3, -0.25) is 4.68 Å². The molecule has 0 amide bonds. The standard InChI is InChI=1S/C12H23N3O4S/c1-11(2)3-7-19-8-4-14-20(17,18)12-9-13-15(10-12)5-6-16/h9-11,14,16H,3-8H2,1-2H3. The molecule has 0 saturated heterocycles. The van der Waals surface area contributed by atoms with Crippen LogP contribution in [-0.4, -0.2) is 49.7 Å². The van der Waals surface area contributed by atoms with Crippen LogP contribution in [0.4, 0.5) is 0 Å². The molecule has 1 heterocycles. The monoisotopic (exact) mass is 305 g/mol. The molecule has 0 saturated carbocycles. The highest BCUT2D eigenvalue weighted by Crippen LogP contribution is 2.06. The molecule has 0 aliphatic rings. The van der Waals surface area contributed by atoms with Crippen molar-refractivity contribution in [2.45, 2.75) is 31.7 Å². The van der Waals surface area contributed by atoms with Gasteiger partial charge in [-0.05, 0) is 12.3 Å². The first-order valence-corrected chi connectivity index (χ1v) is 8.14. The van der Waals surface area contributed by atoms with Gasteiger partial charge in [-0.25, -0.2) is 13.1 Å². The topological polar surface area (TPSA) is 93.5 Å². The van der Waals surface area contributed by atoms with E-state index < -0.39 is 10.0 Å². The molecule has 0 aliphatic carbocycles. The number of aliphatic hydroxyl groups excluding tert-OH is 1. The van der Waals surface area contributed by atoms with Gasteiger partial charge in [0.15, 0.2) is 0 Å². The maximum absolute atomic E-state index is 11.9. The van der Waals surface area contributed by atoms with Crippen LogP contribution in [0.3, 0.4) is 0 Å². The average molecular weight is 305 g/mol. The van der Waals surface area contributed by atoms with Crippen molar-refractivity contribution < 1.29 is 18.3 Å². The number of sulfonamides is 1. The van der Waals surface area contributed by atoms with Gasteiger partial charge in [-0.1, -0.05) is 13.8 Å². The van der Waals surface area contributed by atoms with Gasteiger partial charge in [0.1, 0.15) is 4.90 Å². The van der Waals surface area contributed by atoms with Gasteiger partial charge in [0, 0.05) is 19.3 Å². The van der Waals surface area contributed by atoms with Crippen molar-refractivity contribution >= 4 is 10.0 Å². The van der Waals surface area contributed by atoms with Crippen LogP contribution >= 0.6 is 0 Å². The third-order valence-corrected chi connectivity index (χ3v) is 4.04. The number of ether oxygens (including phenoxy) is 1. The molecule has 0 atom stereocenters. The number of nitrogens with one attached hydrogen (secondary N) is 1. The molecule has 7 nitrogen and oxygen atoms in total. The summed E-state index contributed by atoms with van der Waals surface area (Å²) in [7, 11) is -3.56. The Hall–Kier alpha value is -0.960. The lowest BCUT2D eigenvalue weighted by Gasteiger charge is -2.07. The van der Waals surface area contributed by atoms with Crippen molar-refractivity contribution in [3.8, 4) is 0 Å². The summed E-state index contributed by atoms with van der Waals surface area (Å²) in [6, 6.07) is 0. The average Bonchev–Trinajstić information content (AvgIpc) is 2.83. The highest BCUT2D eigenvalue weighted by molar-refractivity contribution is 7.89. The maximum atomic E-state index is 11.9. The van der Waals surface area contributed by atoms with Crippen molar-refractivity contribution in [2.24, 2.45) is 5.92 Å². The molecule has 20 heavy (non-hydrogen) atoms. The molecule has 0 aromatic carbocycles. The van der Waals surface area contributed by atoms with Crippen LogP contribution in [0.15, 0.2) is 17.3 Å². The summed E-state index contributed by atoms with van der Waals surface area (Å²) in [5.74, 6) is 0.573. The summed E-state index contributed by atoms with van der Waals surface area (Å²) < 4.78 is 33.0. The van der Waals surface area contributed by atoms with Crippen LogP contribution < -0.4 is 4.72 Å². The number of hydrogen-bond acceptors (Lipinski definition) is 5.